The molecule has 0 saturated carbocycles. The summed E-state index contributed by atoms with van der Waals surface area (Å²) in [7, 11) is 0. The molecule has 0 spiro atoms. The monoisotopic (exact) mass is 214 g/mol. The van der Waals surface area contributed by atoms with Crippen molar-refractivity contribution in [1.29, 1.82) is 0 Å². The van der Waals surface area contributed by atoms with E-state index in [0.29, 0.717) is 5.92 Å². The minimum atomic E-state index is -0.335. The minimum absolute atomic E-state index is 0.00370. The number of unbranched alkanes of at least 4 members (excludes halogenated alkanes) is 1. The maximum atomic E-state index is 11.7. The second-order valence-corrected chi connectivity index (χ2v) is 4.52. The van der Waals surface area contributed by atoms with Crippen molar-refractivity contribution in [2.45, 2.75) is 65.5 Å². The lowest BCUT2D eigenvalue weighted by Gasteiger charge is -2.22. The number of hydrogen-bond acceptors (Lipinski definition) is 2. The summed E-state index contributed by atoms with van der Waals surface area (Å²) in [4.78, 5) is 11.7. The number of amides is 1. The lowest BCUT2D eigenvalue weighted by atomic mass is 10.0. The molecule has 15 heavy (non-hydrogen) atoms. The maximum absolute atomic E-state index is 11.7. The van der Waals surface area contributed by atoms with Crippen molar-refractivity contribution in [2.75, 3.05) is 0 Å². The average molecular weight is 214 g/mol. The molecule has 0 heterocycles. The largest absolute Gasteiger partial charge is 0.352 e. The molecule has 1 unspecified atom stereocenters. The van der Waals surface area contributed by atoms with Gasteiger partial charge >= 0.3 is 0 Å². The van der Waals surface area contributed by atoms with Crippen molar-refractivity contribution >= 4 is 5.91 Å². The summed E-state index contributed by atoms with van der Waals surface area (Å²) in [5.41, 5.74) is 5.79. The highest BCUT2D eigenvalue weighted by molar-refractivity contribution is 5.81. The topological polar surface area (TPSA) is 55.1 Å². The summed E-state index contributed by atoms with van der Waals surface area (Å²) < 4.78 is 0. The molecule has 0 fully saturated rings. The third-order valence-electron chi connectivity index (χ3n) is 2.78. The molecular formula is C12H26N2O. The smallest absolute Gasteiger partial charge is 0.237 e. The quantitative estimate of drug-likeness (QED) is 0.681. The maximum Gasteiger partial charge on any atom is 0.237 e. The van der Waals surface area contributed by atoms with Crippen LogP contribution in [0.4, 0.5) is 0 Å². The van der Waals surface area contributed by atoms with Gasteiger partial charge in [-0.2, -0.15) is 0 Å². The Morgan fingerprint density at radius 2 is 1.93 bits per heavy atom. The van der Waals surface area contributed by atoms with Gasteiger partial charge in [-0.05, 0) is 18.8 Å². The number of hydrogen-bond donors (Lipinski definition) is 2. The average Bonchev–Trinajstić information content (AvgIpc) is 2.21. The van der Waals surface area contributed by atoms with E-state index in [-0.39, 0.29) is 18.0 Å². The van der Waals surface area contributed by atoms with E-state index in [1.807, 2.05) is 0 Å². The van der Waals surface area contributed by atoms with Crippen LogP contribution < -0.4 is 11.1 Å². The molecule has 0 aromatic rings. The predicted octanol–water partition coefficient (Wildman–Crippen LogP) is 2.05. The summed E-state index contributed by atoms with van der Waals surface area (Å²) in [6, 6.07) is -0.0806. The number of rotatable bonds is 7. The van der Waals surface area contributed by atoms with Crippen LogP contribution in [0.2, 0.25) is 0 Å². The molecule has 0 aliphatic carbocycles. The van der Waals surface area contributed by atoms with Gasteiger partial charge < -0.3 is 11.1 Å². The van der Waals surface area contributed by atoms with Crippen molar-refractivity contribution in [2.24, 2.45) is 11.7 Å². The highest BCUT2D eigenvalue weighted by Crippen LogP contribution is 2.06. The fourth-order valence-electron chi connectivity index (χ4n) is 1.59. The summed E-state index contributed by atoms with van der Waals surface area (Å²) in [6.07, 6.45) is 3.86. The number of carbonyl (C=O) groups excluding carboxylic acids is 1. The van der Waals surface area contributed by atoms with Crippen LogP contribution in [0.3, 0.4) is 0 Å². The van der Waals surface area contributed by atoms with Crippen molar-refractivity contribution in [1.82, 2.24) is 5.32 Å². The number of nitrogens with one attached hydrogen (secondary N) is 1. The fraction of sp³-hybridized carbons (Fsp3) is 0.917. The molecule has 0 saturated heterocycles. The Kier molecular flexibility index (Phi) is 7.39. The molecule has 3 heteroatoms. The predicted molar refractivity (Wildman–Crippen MR) is 64.6 cm³/mol. The number of nitrogens with two attached hydrogens (primary N) is 1. The third-order valence-corrected chi connectivity index (χ3v) is 2.78. The van der Waals surface area contributed by atoms with Crippen LogP contribution in [0.15, 0.2) is 0 Å². The first-order valence-electron chi connectivity index (χ1n) is 6.08. The SMILES string of the molecule is CCCC[C@H](N)C(=O)NC(CC)C(C)C. The highest BCUT2D eigenvalue weighted by atomic mass is 16.2. The first kappa shape index (κ1) is 14.4. The Morgan fingerprint density at radius 3 is 2.33 bits per heavy atom. The van der Waals surface area contributed by atoms with Crippen LogP contribution in [0, 0.1) is 5.92 Å². The van der Waals surface area contributed by atoms with Crippen molar-refractivity contribution in [3.63, 3.8) is 0 Å². The van der Waals surface area contributed by atoms with Crippen LogP contribution in [0.1, 0.15) is 53.4 Å². The second-order valence-electron chi connectivity index (χ2n) is 4.52. The van der Waals surface area contributed by atoms with E-state index in [9.17, 15) is 4.79 Å². The van der Waals surface area contributed by atoms with E-state index >= 15 is 0 Å². The van der Waals surface area contributed by atoms with E-state index in [0.717, 1.165) is 25.7 Å². The van der Waals surface area contributed by atoms with E-state index in [1.165, 1.54) is 0 Å². The van der Waals surface area contributed by atoms with E-state index in [1.54, 1.807) is 0 Å². The molecule has 3 nitrogen and oxygen atoms in total. The summed E-state index contributed by atoms with van der Waals surface area (Å²) in [6.45, 7) is 8.42. The van der Waals surface area contributed by atoms with E-state index in [4.69, 9.17) is 5.73 Å². The van der Waals surface area contributed by atoms with Gasteiger partial charge in [0.2, 0.25) is 5.91 Å². The molecule has 0 radical (unpaired) electrons. The summed E-state index contributed by atoms with van der Waals surface area (Å²) in [5.74, 6) is 0.473. The number of carbonyl (C=O) groups is 1. The Labute approximate surface area is 93.8 Å². The first-order valence-corrected chi connectivity index (χ1v) is 6.08. The Hall–Kier alpha value is -0.570. The van der Waals surface area contributed by atoms with Gasteiger partial charge in [0, 0.05) is 6.04 Å². The van der Waals surface area contributed by atoms with Gasteiger partial charge in [0.25, 0.3) is 0 Å². The lowest BCUT2D eigenvalue weighted by molar-refractivity contribution is -0.123. The van der Waals surface area contributed by atoms with Crippen LogP contribution in [0.25, 0.3) is 0 Å². The molecule has 0 aliphatic rings. The highest BCUT2D eigenvalue weighted by Gasteiger charge is 2.18. The standard InChI is InChI=1S/C12H26N2O/c1-5-7-8-10(13)12(15)14-11(6-2)9(3)4/h9-11H,5-8,13H2,1-4H3,(H,14,15)/t10-,11?/m0/s1. The Morgan fingerprint density at radius 1 is 1.33 bits per heavy atom. The molecule has 0 aromatic carbocycles. The van der Waals surface area contributed by atoms with E-state index < -0.39 is 0 Å². The van der Waals surface area contributed by atoms with E-state index in [2.05, 4.69) is 33.0 Å². The third kappa shape index (κ3) is 5.78. The first-order chi connectivity index (χ1) is 7.02. The molecular weight excluding hydrogens is 188 g/mol. The van der Waals surface area contributed by atoms with Crippen molar-refractivity contribution in [3.05, 3.63) is 0 Å². The molecule has 1 amide bonds. The summed E-state index contributed by atoms with van der Waals surface area (Å²) >= 11 is 0. The molecule has 0 rings (SSSR count). The lowest BCUT2D eigenvalue weighted by Crippen LogP contribution is -2.46. The van der Waals surface area contributed by atoms with Crippen LogP contribution in [-0.4, -0.2) is 18.0 Å². The van der Waals surface area contributed by atoms with Crippen LogP contribution in [-0.2, 0) is 4.79 Å². The van der Waals surface area contributed by atoms with Crippen LogP contribution in [0.5, 0.6) is 0 Å². The molecule has 0 bridgehead atoms. The molecule has 0 aliphatic heterocycles. The normalized spacial score (nSPS) is 15.1. The van der Waals surface area contributed by atoms with Crippen molar-refractivity contribution in [3.8, 4) is 0 Å². The molecule has 3 N–H and O–H groups in total. The van der Waals surface area contributed by atoms with Gasteiger partial charge in [0.15, 0.2) is 0 Å². The van der Waals surface area contributed by atoms with Gasteiger partial charge in [-0.3, -0.25) is 4.79 Å². The molecule has 2 atom stereocenters. The van der Waals surface area contributed by atoms with Gasteiger partial charge in [0.05, 0.1) is 6.04 Å². The molecule has 90 valence electrons. The minimum Gasteiger partial charge on any atom is -0.352 e. The zero-order valence-electron chi connectivity index (χ0n) is 10.5. The zero-order valence-corrected chi connectivity index (χ0v) is 10.5. The Bertz CT molecular complexity index is 180. The van der Waals surface area contributed by atoms with Gasteiger partial charge in [-0.1, -0.05) is 40.5 Å². The fourth-order valence-corrected chi connectivity index (χ4v) is 1.59. The van der Waals surface area contributed by atoms with Gasteiger partial charge in [0.1, 0.15) is 0 Å². The van der Waals surface area contributed by atoms with Crippen molar-refractivity contribution < 1.29 is 4.79 Å². The van der Waals surface area contributed by atoms with Gasteiger partial charge in [-0.25, -0.2) is 0 Å². The van der Waals surface area contributed by atoms with Gasteiger partial charge in [-0.15, -0.1) is 0 Å². The Balaban J connectivity index is 3.98. The van der Waals surface area contributed by atoms with Crippen LogP contribution >= 0.6 is 0 Å². The second kappa shape index (κ2) is 7.69. The zero-order chi connectivity index (χ0) is 11.8. The molecule has 0 aromatic heterocycles. The summed E-state index contributed by atoms with van der Waals surface area (Å²) in [5, 5.41) is 3.01.